The number of hydrogen-bond acceptors (Lipinski definition) is 5. The number of carbonyl (C=O) groups excluding carboxylic acids is 1. The number of nitrogens with two attached hydrogens (primary N) is 1. The number of carbonyl (C=O) groups is 1. The van der Waals surface area contributed by atoms with Crippen molar-refractivity contribution in [2.75, 3.05) is 13.2 Å². The van der Waals surface area contributed by atoms with Gasteiger partial charge in [0.15, 0.2) is 11.5 Å². The maximum atomic E-state index is 12.2. The Morgan fingerprint density at radius 1 is 1.40 bits per heavy atom. The van der Waals surface area contributed by atoms with E-state index in [-0.39, 0.29) is 36.5 Å². The smallest absolute Gasteiger partial charge is 0.240 e. The van der Waals surface area contributed by atoms with Crippen molar-refractivity contribution in [3.05, 3.63) is 23.8 Å². The molecule has 2 rings (SSSR count). The molecule has 20 heavy (non-hydrogen) atoms. The van der Waals surface area contributed by atoms with Gasteiger partial charge in [-0.2, -0.15) is 0 Å². The summed E-state index contributed by atoms with van der Waals surface area (Å²) in [7, 11) is 0. The Hall–Kier alpha value is -1.79. The van der Waals surface area contributed by atoms with E-state index < -0.39 is 6.04 Å². The summed E-state index contributed by atoms with van der Waals surface area (Å²) in [5.74, 6) is -0.612. The molecule has 0 saturated carbocycles. The number of aliphatic hydroxyl groups is 1. The van der Waals surface area contributed by atoms with Crippen molar-refractivity contribution < 1.29 is 20.1 Å². The molecule has 1 amide bonds. The fourth-order valence-corrected chi connectivity index (χ4v) is 2.57. The van der Waals surface area contributed by atoms with Crippen molar-refractivity contribution in [1.82, 2.24) is 4.90 Å². The van der Waals surface area contributed by atoms with Gasteiger partial charge in [0.2, 0.25) is 5.91 Å². The first-order valence-corrected chi connectivity index (χ1v) is 6.70. The molecule has 6 nitrogen and oxygen atoms in total. The van der Waals surface area contributed by atoms with Gasteiger partial charge in [-0.15, -0.1) is 0 Å². The van der Waals surface area contributed by atoms with Gasteiger partial charge < -0.3 is 26.0 Å². The number of aliphatic hydroxyl groups excluding tert-OH is 1. The second kappa shape index (κ2) is 6.11. The maximum absolute atomic E-state index is 12.2. The highest BCUT2D eigenvalue weighted by Gasteiger charge is 2.31. The zero-order valence-electron chi connectivity index (χ0n) is 11.2. The molecular weight excluding hydrogens is 260 g/mol. The number of phenols is 2. The Kier molecular flexibility index (Phi) is 4.46. The molecule has 110 valence electrons. The predicted octanol–water partition coefficient (Wildman–Crippen LogP) is -0.0491. The summed E-state index contributed by atoms with van der Waals surface area (Å²) < 4.78 is 0. The van der Waals surface area contributed by atoms with E-state index in [2.05, 4.69) is 0 Å². The summed E-state index contributed by atoms with van der Waals surface area (Å²) in [5.41, 5.74) is 6.60. The van der Waals surface area contributed by atoms with Gasteiger partial charge in [0.25, 0.3) is 0 Å². The van der Waals surface area contributed by atoms with Crippen LogP contribution in [0.15, 0.2) is 18.2 Å². The summed E-state index contributed by atoms with van der Waals surface area (Å²) in [6.45, 7) is 0.580. The lowest BCUT2D eigenvalue weighted by Crippen LogP contribution is -2.47. The second-order valence-electron chi connectivity index (χ2n) is 5.14. The van der Waals surface area contributed by atoms with Crippen molar-refractivity contribution in [3.63, 3.8) is 0 Å². The third-order valence-electron chi connectivity index (χ3n) is 3.68. The average Bonchev–Trinajstić information content (AvgIpc) is 2.90. The molecule has 0 bridgehead atoms. The Morgan fingerprint density at radius 3 is 2.80 bits per heavy atom. The molecule has 1 saturated heterocycles. The molecule has 1 fully saturated rings. The lowest BCUT2D eigenvalue weighted by atomic mass is 10.0. The van der Waals surface area contributed by atoms with Crippen LogP contribution >= 0.6 is 0 Å². The highest BCUT2D eigenvalue weighted by molar-refractivity contribution is 5.82. The van der Waals surface area contributed by atoms with Crippen LogP contribution in [0.25, 0.3) is 0 Å². The number of benzene rings is 1. The molecule has 0 unspecified atom stereocenters. The fraction of sp³-hybridized carbons (Fsp3) is 0.500. The highest BCUT2D eigenvalue weighted by Crippen LogP contribution is 2.25. The van der Waals surface area contributed by atoms with Crippen molar-refractivity contribution in [1.29, 1.82) is 0 Å². The zero-order valence-corrected chi connectivity index (χ0v) is 11.2. The monoisotopic (exact) mass is 280 g/mol. The summed E-state index contributed by atoms with van der Waals surface area (Å²) >= 11 is 0. The molecule has 0 aliphatic carbocycles. The van der Waals surface area contributed by atoms with Gasteiger partial charge in [0.05, 0.1) is 18.7 Å². The largest absolute Gasteiger partial charge is 0.504 e. The van der Waals surface area contributed by atoms with E-state index in [1.807, 2.05) is 0 Å². The van der Waals surface area contributed by atoms with Gasteiger partial charge in [-0.1, -0.05) is 6.07 Å². The van der Waals surface area contributed by atoms with Crippen LogP contribution in [0, 0.1) is 0 Å². The number of nitrogens with zero attached hydrogens (tertiary/aromatic N) is 1. The summed E-state index contributed by atoms with van der Waals surface area (Å²) in [6, 6.07) is 3.53. The molecule has 5 N–H and O–H groups in total. The number of hydrogen-bond donors (Lipinski definition) is 4. The minimum absolute atomic E-state index is 0.0432. The van der Waals surface area contributed by atoms with Crippen LogP contribution in [-0.2, 0) is 11.2 Å². The molecule has 1 heterocycles. The topological polar surface area (TPSA) is 107 Å². The first-order chi connectivity index (χ1) is 9.52. The number of amides is 1. The molecule has 0 spiro atoms. The normalized spacial score (nSPS) is 20.1. The summed E-state index contributed by atoms with van der Waals surface area (Å²) in [6.07, 6.45) is 1.96. The van der Waals surface area contributed by atoms with E-state index in [9.17, 15) is 20.1 Å². The minimum atomic E-state index is -0.717. The van der Waals surface area contributed by atoms with Crippen LogP contribution in [0.4, 0.5) is 0 Å². The van der Waals surface area contributed by atoms with Crippen molar-refractivity contribution in [3.8, 4) is 11.5 Å². The van der Waals surface area contributed by atoms with Crippen LogP contribution in [0.1, 0.15) is 18.4 Å². The van der Waals surface area contributed by atoms with E-state index in [4.69, 9.17) is 5.73 Å². The third kappa shape index (κ3) is 3.02. The van der Waals surface area contributed by atoms with Crippen LogP contribution in [0.5, 0.6) is 11.5 Å². The van der Waals surface area contributed by atoms with E-state index >= 15 is 0 Å². The Morgan fingerprint density at radius 2 is 2.15 bits per heavy atom. The Balaban J connectivity index is 2.02. The Bertz CT molecular complexity index is 492. The van der Waals surface area contributed by atoms with Gasteiger partial charge in [-0.3, -0.25) is 4.79 Å². The molecule has 2 atom stereocenters. The van der Waals surface area contributed by atoms with Gasteiger partial charge in [-0.05, 0) is 37.0 Å². The van der Waals surface area contributed by atoms with Crippen LogP contribution in [0.2, 0.25) is 0 Å². The second-order valence-corrected chi connectivity index (χ2v) is 5.14. The number of rotatable bonds is 4. The van der Waals surface area contributed by atoms with E-state index in [0.29, 0.717) is 12.1 Å². The average molecular weight is 280 g/mol. The maximum Gasteiger partial charge on any atom is 0.240 e. The molecule has 1 aromatic carbocycles. The third-order valence-corrected chi connectivity index (χ3v) is 3.68. The molecule has 1 aromatic rings. The van der Waals surface area contributed by atoms with Gasteiger partial charge in [-0.25, -0.2) is 0 Å². The highest BCUT2D eigenvalue weighted by atomic mass is 16.3. The van der Waals surface area contributed by atoms with Crippen LogP contribution < -0.4 is 5.73 Å². The first-order valence-electron chi connectivity index (χ1n) is 6.70. The van der Waals surface area contributed by atoms with Crippen molar-refractivity contribution in [2.24, 2.45) is 5.73 Å². The lowest BCUT2D eigenvalue weighted by molar-refractivity contribution is -0.134. The van der Waals surface area contributed by atoms with Crippen molar-refractivity contribution >= 4 is 5.91 Å². The number of likely N-dealkylation sites (tertiary alicyclic amines) is 1. The number of aromatic hydroxyl groups is 2. The van der Waals surface area contributed by atoms with Crippen LogP contribution in [-0.4, -0.2) is 51.4 Å². The van der Waals surface area contributed by atoms with Gasteiger partial charge in [0.1, 0.15) is 0 Å². The van der Waals surface area contributed by atoms with Gasteiger partial charge >= 0.3 is 0 Å². The Labute approximate surface area is 117 Å². The number of phenolic OH excluding ortho intramolecular Hbond substituents is 2. The van der Waals surface area contributed by atoms with E-state index in [0.717, 1.165) is 12.8 Å². The standard InChI is InChI=1S/C14H20N2O4/c15-11(6-9-3-4-12(18)13(19)7-9)14(20)16-5-1-2-10(16)8-17/h3-4,7,10-11,17-19H,1-2,5-6,8,15H2/t10-,11+/m1/s1. The fourth-order valence-electron chi connectivity index (χ4n) is 2.57. The van der Waals surface area contributed by atoms with E-state index in [1.165, 1.54) is 12.1 Å². The first kappa shape index (κ1) is 14.6. The van der Waals surface area contributed by atoms with Crippen molar-refractivity contribution in [2.45, 2.75) is 31.3 Å². The molecule has 0 radical (unpaired) electrons. The quantitative estimate of drug-likeness (QED) is 0.579. The molecular formula is C14H20N2O4. The van der Waals surface area contributed by atoms with Gasteiger partial charge in [0, 0.05) is 6.54 Å². The molecule has 1 aliphatic rings. The van der Waals surface area contributed by atoms with E-state index in [1.54, 1.807) is 11.0 Å². The minimum Gasteiger partial charge on any atom is -0.504 e. The lowest BCUT2D eigenvalue weighted by Gasteiger charge is -2.26. The zero-order chi connectivity index (χ0) is 14.7. The molecule has 6 heteroatoms. The predicted molar refractivity (Wildman–Crippen MR) is 73.3 cm³/mol. The molecule has 1 aliphatic heterocycles. The summed E-state index contributed by atoms with van der Waals surface area (Å²) in [5, 5.41) is 27.9. The van der Waals surface area contributed by atoms with Crippen LogP contribution in [0.3, 0.4) is 0 Å². The summed E-state index contributed by atoms with van der Waals surface area (Å²) in [4.78, 5) is 13.9. The molecule has 0 aromatic heterocycles. The SMILES string of the molecule is N[C@@H](Cc1ccc(O)c(O)c1)C(=O)N1CCC[C@@H]1CO.